The van der Waals surface area contributed by atoms with Crippen LogP contribution in [0.1, 0.15) is 32.3 Å². The van der Waals surface area contributed by atoms with Crippen LogP contribution in [-0.4, -0.2) is 30.5 Å². The number of aliphatic carboxylic acids is 1. The lowest BCUT2D eigenvalue weighted by Crippen LogP contribution is -2.31. The summed E-state index contributed by atoms with van der Waals surface area (Å²) in [6.07, 6.45) is 0. The fourth-order valence-corrected chi connectivity index (χ4v) is 3.73. The van der Waals surface area contributed by atoms with Crippen LogP contribution in [0.4, 0.5) is 0 Å². The minimum Gasteiger partial charge on any atom is -0.481 e. The average Bonchev–Trinajstić information content (AvgIpc) is 2.35. The SMILES string of the molecule is CC(C)C(C)S(=O)(=O)CC(C(=O)O)c1ccccc1. The molecule has 2 unspecified atom stereocenters. The second-order valence-electron chi connectivity index (χ2n) is 5.08. The number of carboxylic acids is 1. The van der Waals surface area contributed by atoms with Gasteiger partial charge in [-0.25, -0.2) is 8.42 Å². The Balaban J connectivity index is 3.02. The largest absolute Gasteiger partial charge is 0.481 e. The third kappa shape index (κ3) is 4.06. The van der Waals surface area contributed by atoms with E-state index in [0.29, 0.717) is 5.56 Å². The summed E-state index contributed by atoms with van der Waals surface area (Å²) in [7, 11) is -3.43. The highest BCUT2D eigenvalue weighted by Crippen LogP contribution is 2.22. The summed E-state index contributed by atoms with van der Waals surface area (Å²) in [5, 5.41) is 8.70. The van der Waals surface area contributed by atoms with E-state index in [1.807, 2.05) is 13.8 Å². The molecule has 1 aromatic rings. The molecule has 2 atom stereocenters. The van der Waals surface area contributed by atoms with Crippen molar-refractivity contribution < 1.29 is 18.3 Å². The van der Waals surface area contributed by atoms with Gasteiger partial charge in [-0.1, -0.05) is 44.2 Å². The molecule has 5 heteroatoms. The van der Waals surface area contributed by atoms with E-state index < -0.39 is 27.0 Å². The third-order valence-corrected chi connectivity index (χ3v) is 5.88. The van der Waals surface area contributed by atoms with Gasteiger partial charge in [-0.15, -0.1) is 0 Å². The van der Waals surface area contributed by atoms with E-state index in [-0.39, 0.29) is 11.7 Å². The molecule has 0 radical (unpaired) electrons. The molecular weight excluding hydrogens is 264 g/mol. The van der Waals surface area contributed by atoms with E-state index in [1.54, 1.807) is 37.3 Å². The topological polar surface area (TPSA) is 71.4 Å². The van der Waals surface area contributed by atoms with E-state index in [4.69, 9.17) is 0 Å². The Bertz CT molecular complexity index is 520. The monoisotopic (exact) mass is 284 g/mol. The Hall–Kier alpha value is -1.36. The highest BCUT2D eigenvalue weighted by atomic mass is 32.2. The molecule has 106 valence electrons. The number of hydrogen-bond acceptors (Lipinski definition) is 3. The van der Waals surface area contributed by atoms with Gasteiger partial charge in [0.15, 0.2) is 9.84 Å². The number of sulfone groups is 1. The van der Waals surface area contributed by atoms with E-state index >= 15 is 0 Å². The summed E-state index contributed by atoms with van der Waals surface area (Å²) in [5.41, 5.74) is 0.523. The van der Waals surface area contributed by atoms with E-state index in [0.717, 1.165) is 0 Å². The van der Waals surface area contributed by atoms with Crippen LogP contribution in [-0.2, 0) is 14.6 Å². The molecule has 0 aliphatic heterocycles. The molecule has 1 rings (SSSR count). The standard InChI is InChI=1S/C14H20O4S/c1-10(2)11(3)19(17,18)9-13(14(15)16)12-7-5-4-6-8-12/h4-8,10-11,13H,9H2,1-3H3,(H,15,16). The van der Waals surface area contributed by atoms with Crippen LogP contribution < -0.4 is 0 Å². The zero-order valence-electron chi connectivity index (χ0n) is 11.4. The number of carboxylic acid groups (broad SMARTS) is 1. The Kier molecular flexibility index (Phi) is 5.11. The first-order valence-electron chi connectivity index (χ1n) is 6.25. The smallest absolute Gasteiger partial charge is 0.312 e. The zero-order chi connectivity index (χ0) is 14.6. The van der Waals surface area contributed by atoms with Crippen LogP contribution in [0.25, 0.3) is 0 Å². The molecule has 0 aliphatic rings. The summed E-state index contributed by atoms with van der Waals surface area (Å²) in [4.78, 5) is 11.3. The molecule has 0 bridgehead atoms. The van der Waals surface area contributed by atoms with Crippen LogP contribution >= 0.6 is 0 Å². The first-order chi connectivity index (χ1) is 8.75. The number of benzene rings is 1. The minimum absolute atomic E-state index is 0.0322. The second kappa shape index (κ2) is 6.19. The van der Waals surface area contributed by atoms with E-state index in [2.05, 4.69) is 0 Å². The van der Waals surface area contributed by atoms with E-state index in [9.17, 15) is 18.3 Å². The molecule has 0 spiro atoms. The van der Waals surface area contributed by atoms with Crippen LogP contribution in [0.2, 0.25) is 0 Å². The molecule has 0 aliphatic carbocycles. The molecule has 0 saturated carbocycles. The summed E-state index contributed by atoms with van der Waals surface area (Å²) in [5.74, 6) is -2.50. The fraction of sp³-hybridized carbons (Fsp3) is 0.500. The van der Waals surface area contributed by atoms with Crippen molar-refractivity contribution in [1.82, 2.24) is 0 Å². The molecule has 0 aromatic heterocycles. The number of hydrogen-bond donors (Lipinski definition) is 1. The van der Waals surface area contributed by atoms with Crippen LogP contribution in [0.15, 0.2) is 30.3 Å². The second-order valence-corrected chi connectivity index (χ2v) is 7.48. The number of carbonyl (C=O) groups is 1. The van der Waals surface area contributed by atoms with Crippen LogP contribution in [0, 0.1) is 5.92 Å². The lowest BCUT2D eigenvalue weighted by molar-refractivity contribution is -0.138. The van der Waals surface area contributed by atoms with Crippen molar-refractivity contribution in [3.8, 4) is 0 Å². The van der Waals surface area contributed by atoms with Crippen molar-refractivity contribution in [2.24, 2.45) is 5.92 Å². The predicted molar refractivity (Wildman–Crippen MR) is 74.9 cm³/mol. The highest BCUT2D eigenvalue weighted by Gasteiger charge is 2.31. The van der Waals surface area contributed by atoms with E-state index in [1.165, 1.54) is 0 Å². The highest BCUT2D eigenvalue weighted by molar-refractivity contribution is 7.92. The van der Waals surface area contributed by atoms with Gasteiger partial charge in [-0.2, -0.15) is 0 Å². The summed E-state index contributed by atoms with van der Waals surface area (Å²) < 4.78 is 24.4. The third-order valence-electron chi connectivity index (χ3n) is 3.40. The van der Waals surface area contributed by atoms with Gasteiger partial charge >= 0.3 is 5.97 Å². The van der Waals surface area contributed by atoms with Crippen molar-refractivity contribution in [2.75, 3.05) is 5.75 Å². The van der Waals surface area contributed by atoms with Gasteiger partial charge in [-0.05, 0) is 18.4 Å². The van der Waals surface area contributed by atoms with Crippen molar-refractivity contribution in [1.29, 1.82) is 0 Å². The van der Waals surface area contributed by atoms with Gasteiger partial charge in [0.05, 0.1) is 16.9 Å². The summed E-state index contributed by atoms with van der Waals surface area (Å²) in [6.45, 7) is 5.27. The Morgan fingerprint density at radius 2 is 1.68 bits per heavy atom. The molecule has 0 amide bonds. The van der Waals surface area contributed by atoms with Crippen molar-refractivity contribution >= 4 is 15.8 Å². The van der Waals surface area contributed by atoms with Crippen molar-refractivity contribution in [3.63, 3.8) is 0 Å². The maximum atomic E-state index is 12.2. The summed E-state index contributed by atoms with van der Waals surface area (Å²) >= 11 is 0. The van der Waals surface area contributed by atoms with Gasteiger partial charge in [0.2, 0.25) is 0 Å². The Morgan fingerprint density at radius 3 is 2.11 bits per heavy atom. The Morgan fingerprint density at radius 1 is 1.16 bits per heavy atom. The zero-order valence-corrected chi connectivity index (χ0v) is 12.2. The molecular formula is C14H20O4S. The first kappa shape index (κ1) is 15.7. The quantitative estimate of drug-likeness (QED) is 0.870. The lowest BCUT2D eigenvalue weighted by atomic mass is 10.0. The maximum absolute atomic E-state index is 12.2. The maximum Gasteiger partial charge on any atom is 0.312 e. The molecule has 19 heavy (non-hydrogen) atoms. The van der Waals surface area contributed by atoms with Crippen LogP contribution in [0.3, 0.4) is 0 Å². The molecule has 4 nitrogen and oxygen atoms in total. The molecule has 1 N–H and O–H groups in total. The number of rotatable bonds is 6. The van der Waals surface area contributed by atoms with Gasteiger partial charge in [0.1, 0.15) is 0 Å². The lowest BCUT2D eigenvalue weighted by Gasteiger charge is -2.19. The first-order valence-corrected chi connectivity index (χ1v) is 7.96. The summed E-state index contributed by atoms with van der Waals surface area (Å²) in [6, 6.07) is 8.49. The normalized spacial score (nSPS) is 15.2. The molecule has 0 heterocycles. The van der Waals surface area contributed by atoms with Crippen molar-refractivity contribution in [3.05, 3.63) is 35.9 Å². The van der Waals surface area contributed by atoms with Crippen molar-refractivity contribution in [2.45, 2.75) is 31.9 Å². The Labute approximate surface area is 114 Å². The minimum atomic E-state index is -3.43. The van der Waals surface area contributed by atoms with Gasteiger partial charge in [0.25, 0.3) is 0 Å². The van der Waals surface area contributed by atoms with Gasteiger partial charge in [0, 0.05) is 0 Å². The van der Waals surface area contributed by atoms with Crippen LogP contribution in [0.5, 0.6) is 0 Å². The van der Waals surface area contributed by atoms with Gasteiger partial charge in [-0.3, -0.25) is 4.79 Å². The molecule has 0 saturated heterocycles. The predicted octanol–water partition coefficient (Wildman–Crippen LogP) is 2.31. The fourth-order valence-electron chi connectivity index (χ4n) is 1.79. The molecule has 1 aromatic carbocycles. The molecule has 0 fully saturated rings. The van der Waals surface area contributed by atoms with Gasteiger partial charge < -0.3 is 5.11 Å². The average molecular weight is 284 g/mol.